The minimum absolute atomic E-state index is 0.259. The summed E-state index contributed by atoms with van der Waals surface area (Å²) in [4.78, 5) is 4.52. The summed E-state index contributed by atoms with van der Waals surface area (Å²) >= 11 is 0. The van der Waals surface area contributed by atoms with Crippen molar-refractivity contribution >= 4 is 49.3 Å². The van der Waals surface area contributed by atoms with E-state index in [4.69, 9.17) is 0 Å². The van der Waals surface area contributed by atoms with E-state index in [-0.39, 0.29) is 5.92 Å². The highest BCUT2D eigenvalue weighted by molar-refractivity contribution is 6.14. The predicted molar refractivity (Wildman–Crippen MR) is 269 cm³/mol. The van der Waals surface area contributed by atoms with Crippen LogP contribution in [0.4, 0.5) is 0 Å². The average molecular weight is 831 g/mol. The van der Waals surface area contributed by atoms with Crippen molar-refractivity contribution in [2.45, 2.75) is 18.4 Å². The van der Waals surface area contributed by atoms with Crippen LogP contribution in [0, 0.1) is 11.3 Å². The Hall–Kier alpha value is -8.52. The van der Waals surface area contributed by atoms with Gasteiger partial charge in [-0.1, -0.05) is 146 Å². The summed E-state index contributed by atoms with van der Waals surface area (Å²) in [6.45, 7) is 2.31. The molecule has 4 heteroatoms. The first-order chi connectivity index (χ1) is 32.1. The Morgan fingerprint density at radius 1 is 0.446 bits per heavy atom. The highest BCUT2D eigenvalue weighted by Crippen LogP contribution is 2.52. The fourth-order valence-electron chi connectivity index (χ4n) is 10.6. The van der Waals surface area contributed by atoms with E-state index in [2.05, 4.69) is 246 Å². The molecule has 2 atom stereocenters. The molecule has 1 aliphatic rings. The van der Waals surface area contributed by atoms with E-state index in [1.165, 1.54) is 22.3 Å². The van der Waals surface area contributed by atoms with Gasteiger partial charge >= 0.3 is 0 Å². The third-order valence-corrected chi connectivity index (χ3v) is 13.5. The highest BCUT2D eigenvalue weighted by atomic mass is 15.1. The zero-order valence-electron chi connectivity index (χ0n) is 35.8. The zero-order valence-corrected chi connectivity index (χ0v) is 35.8. The van der Waals surface area contributed by atoms with Crippen molar-refractivity contribution in [2.75, 3.05) is 0 Å². The maximum Gasteiger partial charge on any atom is 0.0989 e. The lowest BCUT2D eigenvalue weighted by Gasteiger charge is -2.42. The second kappa shape index (κ2) is 15.4. The van der Waals surface area contributed by atoms with Crippen molar-refractivity contribution in [2.24, 2.45) is 0 Å². The molecular weight excluding hydrogens is 789 g/mol. The molecular formula is C61H42N4. The van der Waals surface area contributed by atoms with Gasteiger partial charge in [-0.25, -0.2) is 0 Å². The van der Waals surface area contributed by atoms with Crippen LogP contribution in [0.15, 0.2) is 236 Å². The van der Waals surface area contributed by atoms with Crippen LogP contribution < -0.4 is 0 Å². The van der Waals surface area contributed by atoms with Crippen molar-refractivity contribution < 1.29 is 0 Å². The lowest BCUT2D eigenvalue weighted by Crippen LogP contribution is -2.39. The van der Waals surface area contributed by atoms with Crippen LogP contribution in [0.25, 0.3) is 93.8 Å². The van der Waals surface area contributed by atoms with Crippen LogP contribution in [0.1, 0.15) is 18.4 Å². The van der Waals surface area contributed by atoms with Crippen LogP contribution >= 0.6 is 0 Å². The molecule has 3 aromatic heterocycles. The van der Waals surface area contributed by atoms with Crippen LogP contribution in [0.5, 0.6) is 0 Å². The summed E-state index contributed by atoms with van der Waals surface area (Å²) in [5.74, 6) is -0.259. The third-order valence-electron chi connectivity index (χ3n) is 13.5. The smallest absolute Gasteiger partial charge is 0.0989 e. The van der Waals surface area contributed by atoms with Gasteiger partial charge in [0.2, 0.25) is 0 Å². The first kappa shape index (κ1) is 38.2. The van der Waals surface area contributed by atoms with Crippen molar-refractivity contribution in [3.63, 3.8) is 0 Å². The number of hydrogen-bond acceptors (Lipinski definition) is 2. The number of hydrogen-bond donors (Lipinski definition) is 0. The van der Waals surface area contributed by atoms with Crippen LogP contribution in [-0.2, 0) is 5.54 Å². The number of aromatic nitrogens is 3. The SMILES string of the molecule is CC1(n2c3ccc(-c4ccccc4)cc3c3cc(-c4ccccc4)ccc32)C=C(C#N)C=C(n2c3ccc(-c4ccccc4)cc3c3cc(-c4ccccc4)ccc32)C1c1ccncc1. The van der Waals surface area contributed by atoms with Gasteiger partial charge < -0.3 is 9.13 Å². The number of pyridine rings is 1. The van der Waals surface area contributed by atoms with Gasteiger partial charge in [0.25, 0.3) is 0 Å². The van der Waals surface area contributed by atoms with Crippen LogP contribution in [-0.4, -0.2) is 14.1 Å². The molecule has 0 aliphatic heterocycles. The molecule has 8 aromatic carbocycles. The van der Waals surface area contributed by atoms with E-state index >= 15 is 0 Å². The quantitative estimate of drug-likeness (QED) is 0.161. The van der Waals surface area contributed by atoms with Crippen molar-refractivity contribution in [3.05, 3.63) is 242 Å². The summed E-state index contributed by atoms with van der Waals surface area (Å²) in [5, 5.41) is 15.7. The van der Waals surface area contributed by atoms with Gasteiger partial charge in [-0.05, 0) is 130 Å². The molecule has 0 amide bonds. The second-order valence-corrected chi connectivity index (χ2v) is 17.3. The fraction of sp³-hybridized carbons (Fsp3) is 0.0492. The number of nitriles is 1. The van der Waals surface area contributed by atoms with Gasteiger partial charge in [0.05, 0.1) is 34.1 Å². The Morgan fingerprint density at radius 3 is 1.20 bits per heavy atom. The molecule has 12 rings (SSSR count). The van der Waals surface area contributed by atoms with E-state index < -0.39 is 5.54 Å². The standard InChI is InChI=1S/C61H42N4/c1-61(65-57-28-24-49(44-18-10-4-11-19-44)37-53(57)54-38-50(25-29-58(54)65)45-20-12-5-13-21-45)39-41(40-62)34-59(60(61)46-30-32-63-33-31-46)64-55-26-22-47(42-14-6-2-7-15-42)35-51(55)52-36-48(23-27-56(52)64)43-16-8-3-9-17-43/h2-39,60H,1H3. The van der Waals surface area contributed by atoms with E-state index in [0.29, 0.717) is 5.57 Å². The average Bonchev–Trinajstić information content (AvgIpc) is 3.89. The first-order valence-corrected chi connectivity index (χ1v) is 22.2. The summed E-state index contributed by atoms with van der Waals surface area (Å²) in [5.41, 5.74) is 15.6. The van der Waals surface area contributed by atoms with E-state index in [0.717, 1.165) is 77.1 Å². The molecule has 4 nitrogen and oxygen atoms in total. The van der Waals surface area contributed by atoms with Gasteiger partial charge in [-0.15, -0.1) is 0 Å². The summed E-state index contributed by atoms with van der Waals surface area (Å²) < 4.78 is 4.93. The number of benzene rings is 8. The minimum atomic E-state index is -0.782. The van der Waals surface area contributed by atoms with Crippen molar-refractivity contribution in [3.8, 4) is 50.6 Å². The molecule has 0 fully saturated rings. The molecule has 11 aromatic rings. The van der Waals surface area contributed by atoms with Crippen LogP contribution in [0.3, 0.4) is 0 Å². The van der Waals surface area contributed by atoms with Gasteiger partial charge in [-0.2, -0.15) is 5.26 Å². The molecule has 3 heterocycles. The largest absolute Gasteiger partial charge is 0.330 e. The first-order valence-electron chi connectivity index (χ1n) is 22.2. The van der Waals surface area contributed by atoms with Crippen LogP contribution in [0.2, 0.25) is 0 Å². The Labute approximate surface area is 377 Å². The minimum Gasteiger partial charge on any atom is -0.330 e. The van der Waals surface area contributed by atoms with Gasteiger partial charge in [0.15, 0.2) is 0 Å². The van der Waals surface area contributed by atoms with Crippen molar-refractivity contribution in [1.82, 2.24) is 14.1 Å². The molecule has 306 valence electrons. The lowest BCUT2D eigenvalue weighted by atomic mass is 9.73. The number of fused-ring (bicyclic) bond motifs is 6. The number of rotatable bonds is 7. The summed E-state index contributed by atoms with van der Waals surface area (Å²) in [6, 6.07) is 76.8. The Kier molecular flexibility index (Phi) is 9.03. The second-order valence-electron chi connectivity index (χ2n) is 17.3. The maximum absolute atomic E-state index is 11.1. The predicted octanol–water partition coefficient (Wildman–Crippen LogP) is 15.5. The molecule has 65 heavy (non-hydrogen) atoms. The topological polar surface area (TPSA) is 46.5 Å². The zero-order chi connectivity index (χ0) is 43.5. The number of allylic oxidation sites excluding steroid dienone is 4. The van der Waals surface area contributed by atoms with Gasteiger partial charge in [-0.3, -0.25) is 4.98 Å². The molecule has 2 unspecified atom stereocenters. The van der Waals surface area contributed by atoms with E-state index in [9.17, 15) is 5.26 Å². The van der Waals surface area contributed by atoms with E-state index in [1.807, 2.05) is 12.4 Å². The number of nitrogens with zero attached hydrogens (tertiary/aromatic N) is 4. The summed E-state index contributed by atoms with van der Waals surface area (Å²) in [6.07, 6.45) is 8.11. The van der Waals surface area contributed by atoms with E-state index in [1.54, 1.807) is 0 Å². The Balaban J connectivity index is 1.15. The normalized spacial score (nSPS) is 16.2. The fourth-order valence-corrected chi connectivity index (χ4v) is 10.6. The van der Waals surface area contributed by atoms with Gasteiger partial charge in [0.1, 0.15) is 0 Å². The molecule has 1 aliphatic carbocycles. The monoisotopic (exact) mass is 830 g/mol. The third kappa shape index (κ3) is 6.32. The Morgan fingerprint density at radius 2 is 0.815 bits per heavy atom. The Bertz CT molecular complexity index is 3510. The highest BCUT2D eigenvalue weighted by Gasteiger charge is 2.44. The molecule has 0 spiro atoms. The molecule has 0 N–H and O–H groups in total. The molecule has 0 bridgehead atoms. The lowest BCUT2D eigenvalue weighted by molar-refractivity contribution is 0.387. The molecule has 0 saturated heterocycles. The maximum atomic E-state index is 11.1. The van der Waals surface area contributed by atoms with Gasteiger partial charge in [0, 0.05) is 50.7 Å². The molecule has 0 saturated carbocycles. The molecule has 0 radical (unpaired) electrons. The van der Waals surface area contributed by atoms with Crippen molar-refractivity contribution in [1.29, 1.82) is 5.26 Å². The summed E-state index contributed by atoms with van der Waals surface area (Å²) in [7, 11) is 0.